The summed E-state index contributed by atoms with van der Waals surface area (Å²) in [5.74, 6) is 0.591. The summed E-state index contributed by atoms with van der Waals surface area (Å²) in [7, 11) is 0. The molecule has 1 amide bonds. The van der Waals surface area contributed by atoms with Crippen LogP contribution < -0.4 is 11.1 Å². The fourth-order valence-electron chi connectivity index (χ4n) is 2.00. The molecule has 0 saturated heterocycles. The van der Waals surface area contributed by atoms with Crippen LogP contribution in [0.2, 0.25) is 0 Å². The number of aryl methyl sites for hydroxylation is 3. The molecule has 0 spiro atoms. The lowest BCUT2D eigenvalue weighted by atomic mass is 10.2. The van der Waals surface area contributed by atoms with Crippen molar-refractivity contribution in [3.8, 4) is 0 Å². The van der Waals surface area contributed by atoms with Crippen LogP contribution in [-0.2, 0) is 17.9 Å². The average molecular weight is 277 g/mol. The summed E-state index contributed by atoms with van der Waals surface area (Å²) in [6.45, 7) is 7.88. The van der Waals surface area contributed by atoms with Crippen LogP contribution in [0, 0.1) is 27.7 Å². The lowest BCUT2D eigenvalue weighted by Gasteiger charge is -2.06. The second-order valence-electron chi connectivity index (χ2n) is 4.82. The Morgan fingerprint density at radius 2 is 2.00 bits per heavy atom. The Balaban J connectivity index is 1.98. The van der Waals surface area contributed by atoms with Gasteiger partial charge in [0.1, 0.15) is 12.3 Å². The van der Waals surface area contributed by atoms with Crippen molar-refractivity contribution in [1.82, 2.24) is 20.3 Å². The average Bonchev–Trinajstić information content (AvgIpc) is 2.83. The van der Waals surface area contributed by atoms with Crippen molar-refractivity contribution in [2.24, 2.45) is 0 Å². The third-order valence-corrected chi connectivity index (χ3v) is 3.37. The Bertz CT molecular complexity index is 622. The number of aromatic nitrogens is 3. The Kier molecular flexibility index (Phi) is 3.78. The molecule has 7 nitrogen and oxygen atoms in total. The van der Waals surface area contributed by atoms with Gasteiger partial charge in [-0.25, -0.2) is 0 Å². The number of hydrogen-bond acceptors (Lipinski definition) is 5. The van der Waals surface area contributed by atoms with E-state index in [1.807, 2.05) is 27.7 Å². The second kappa shape index (κ2) is 5.36. The van der Waals surface area contributed by atoms with E-state index < -0.39 is 0 Å². The van der Waals surface area contributed by atoms with Gasteiger partial charge in [-0.2, -0.15) is 5.10 Å². The van der Waals surface area contributed by atoms with Crippen LogP contribution in [0.5, 0.6) is 0 Å². The van der Waals surface area contributed by atoms with Crippen LogP contribution >= 0.6 is 0 Å². The first-order valence-electron chi connectivity index (χ1n) is 6.38. The van der Waals surface area contributed by atoms with Crippen LogP contribution in [0.1, 0.15) is 28.4 Å². The highest BCUT2D eigenvalue weighted by molar-refractivity contribution is 5.76. The first-order valence-corrected chi connectivity index (χ1v) is 6.38. The molecule has 0 aliphatic heterocycles. The number of rotatable bonds is 4. The van der Waals surface area contributed by atoms with Gasteiger partial charge in [-0.3, -0.25) is 9.48 Å². The van der Waals surface area contributed by atoms with E-state index in [0.29, 0.717) is 12.2 Å². The van der Waals surface area contributed by atoms with Crippen LogP contribution in [0.25, 0.3) is 0 Å². The van der Waals surface area contributed by atoms with Crippen molar-refractivity contribution >= 4 is 11.6 Å². The third-order valence-electron chi connectivity index (χ3n) is 3.37. The zero-order valence-electron chi connectivity index (χ0n) is 12.1. The number of amides is 1. The molecule has 0 atom stereocenters. The predicted octanol–water partition coefficient (Wildman–Crippen LogP) is 1.00. The zero-order chi connectivity index (χ0) is 14.9. The minimum atomic E-state index is -0.129. The van der Waals surface area contributed by atoms with Crippen molar-refractivity contribution in [3.63, 3.8) is 0 Å². The highest BCUT2D eigenvalue weighted by Crippen LogP contribution is 2.14. The maximum absolute atomic E-state index is 11.9. The SMILES string of the molecule is Cc1nn(CC(=O)NCc2c(C)noc2C)c(C)c1N. The summed E-state index contributed by atoms with van der Waals surface area (Å²) in [4.78, 5) is 11.9. The zero-order valence-corrected chi connectivity index (χ0v) is 12.1. The van der Waals surface area contributed by atoms with Gasteiger partial charge in [-0.1, -0.05) is 5.16 Å². The number of nitrogens with one attached hydrogen (secondary N) is 1. The molecule has 0 bridgehead atoms. The lowest BCUT2D eigenvalue weighted by Crippen LogP contribution is -2.28. The fraction of sp³-hybridized carbons (Fsp3) is 0.462. The van der Waals surface area contributed by atoms with Gasteiger partial charge in [0.25, 0.3) is 0 Å². The number of carbonyl (C=O) groups excluding carboxylic acids is 1. The first kappa shape index (κ1) is 14.1. The van der Waals surface area contributed by atoms with Gasteiger partial charge in [-0.05, 0) is 27.7 Å². The van der Waals surface area contributed by atoms with Crippen molar-refractivity contribution in [1.29, 1.82) is 0 Å². The monoisotopic (exact) mass is 277 g/mol. The topological polar surface area (TPSA) is 99.0 Å². The molecule has 3 N–H and O–H groups in total. The lowest BCUT2D eigenvalue weighted by molar-refractivity contribution is -0.122. The van der Waals surface area contributed by atoms with Gasteiger partial charge in [0.2, 0.25) is 5.91 Å². The minimum absolute atomic E-state index is 0.129. The maximum Gasteiger partial charge on any atom is 0.242 e. The Hall–Kier alpha value is -2.31. The summed E-state index contributed by atoms with van der Waals surface area (Å²) in [6.07, 6.45) is 0. The number of hydrogen-bond donors (Lipinski definition) is 2. The van der Waals surface area contributed by atoms with Crippen molar-refractivity contribution < 1.29 is 9.32 Å². The van der Waals surface area contributed by atoms with Crippen molar-refractivity contribution in [2.75, 3.05) is 5.73 Å². The Morgan fingerprint density at radius 1 is 1.30 bits per heavy atom. The van der Waals surface area contributed by atoms with Gasteiger partial charge in [-0.15, -0.1) is 0 Å². The molecule has 2 aromatic heterocycles. The summed E-state index contributed by atoms with van der Waals surface area (Å²) < 4.78 is 6.65. The minimum Gasteiger partial charge on any atom is -0.396 e. The fourth-order valence-corrected chi connectivity index (χ4v) is 2.00. The number of nitrogen functional groups attached to an aromatic ring is 1. The molecule has 2 aromatic rings. The molecule has 0 aliphatic carbocycles. The highest BCUT2D eigenvalue weighted by Gasteiger charge is 2.13. The molecular formula is C13H19N5O2. The van der Waals surface area contributed by atoms with Gasteiger partial charge < -0.3 is 15.6 Å². The molecule has 108 valence electrons. The molecule has 0 aliphatic rings. The van der Waals surface area contributed by atoms with Gasteiger partial charge in [0.05, 0.1) is 22.8 Å². The van der Waals surface area contributed by atoms with E-state index in [2.05, 4.69) is 15.6 Å². The molecule has 0 fully saturated rings. The molecule has 2 rings (SSSR count). The summed E-state index contributed by atoms with van der Waals surface area (Å²) in [6, 6.07) is 0. The van der Waals surface area contributed by atoms with E-state index in [0.717, 1.165) is 28.4 Å². The summed E-state index contributed by atoms with van der Waals surface area (Å²) >= 11 is 0. The van der Waals surface area contributed by atoms with E-state index in [-0.39, 0.29) is 12.5 Å². The number of carbonyl (C=O) groups is 1. The largest absolute Gasteiger partial charge is 0.396 e. The van der Waals surface area contributed by atoms with E-state index >= 15 is 0 Å². The molecule has 20 heavy (non-hydrogen) atoms. The van der Waals surface area contributed by atoms with Crippen LogP contribution in [0.3, 0.4) is 0 Å². The molecule has 0 saturated carbocycles. The van der Waals surface area contributed by atoms with E-state index in [9.17, 15) is 4.79 Å². The number of anilines is 1. The van der Waals surface area contributed by atoms with Gasteiger partial charge in [0, 0.05) is 12.1 Å². The Morgan fingerprint density at radius 3 is 2.50 bits per heavy atom. The first-order chi connectivity index (χ1) is 9.40. The normalized spacial score (nSPS) is 10.8. The quantitative estimate of drug-likeness (QED) is 0.868. The smallest absolute Gasteiger partial charge is 0.242 e. The van der Waals surface area contributed by atoms with E-state index in [1.54, 1.807) is 4.68 Å². The maximum atomic E-state index is 11.9. The molecular weight excluding hydrogens is 258 g/mol. The van der Waals surface area contributed by atoms with E-state index in [1.165, 1.54) is 0 Å². The molecule has 0 unspecified atom stereocenters. The predicted molar refractivity (Wildman–Crippen MR) is 73.9 cm³/mol. The molecule has 2 heterocycles. The van der Waals surface area contributed by atoms with Crippen LogP contribution in [0.4, 0.5) is 5.69 Å². The van der Waals surface area contributed by atoms with Crippen LogP contribution in [0.15, 0.2) is 4.52 Å². The molecule has 0 radical (unpaired) electrons. The second-order valence-corrected chi connectivity index (χ2v) is 4.82. The summed E-state index contributed by atoms with van der Waals surface area (Å²) in [5, 5.41) is 10.9. The van der Waals surface area contributed by atoms with E-state index in [4.69, 9.17) is 10.3 Å². The van der Waals surface area contributed by atoms with Crippen molar-refractivity contribution in [3.05, 3.63) is 28.4 Å². The Labute approximate surface area is 117 Å². The van der Waals surface area contributed by atoms with Crippen LogP contribution in [-0.4, -0.2) is 20.8 Å². The van der Waals surface area contributed by atoms with Gasteiger partial charge in [0.15, 0.2) is 0 Å². The molecule has 0 aromatic carbocycles. The number of nitrogens with zero attached hydrogens (tertiary/aromatic N) is 3. The van der Waals surface area contributed by atoms with Crippen molar-refractivity contribution in [2.45, 2.75) is 40.8 Å². The number of nitrogens with two attached hydrogens (primary N) is 1. The standard InChI is InChI=1S/C13H19N5O2/c1-7-11(10(4)20-17-7)5-15-12(19)6-18-9(3)13(14)8(2)16-18/h5-6,14H2,1-4H3,(H,15,19). The third kappa shape index (κ3) is 2.66. The van der Waals surface area contributed by atoms with Gasteiger partial charge >= 0.3 is 0 Å². The highest BCUT2D eigenvalue weighted by atomic mass is 16.5. The summed E-state index contributed by atoms with van der Waals surface area (Å²) in [5.41, 5.74) is 9.70. The molecule has 7 heteroatoms.